The molecule has 1 aromatic carbocycles. The SMILES string of the molecule is Cc1c(N)cc(C(=O)Nc2ccncc2Br)cc1F. The molecule has 0 aliphatic carbocycles. The van der Waals surface area contributed by atoms with Crippen LogP contribution < -0.4 is 11.1 Å². The van der Waals surface area contributed by atoms with Gasteiger partial charge in [-0.3, -0.25) is 9.78 Å². The third kappa shape index (κ3) is 2.90. The summed E-state index contributed by atoms with van der Waals surface area (Å²) in [5.74, 6) is -0.934. The largest absolute Gasteiger partial charge is 0.398 e. The Labute approximate surface area is 118 Å². The molecule has 98 valence electrons. The van der Waals surface area contributed by atoms with Gasteiger partial charge in [-0.2, -0.15) is 0 Å². The lowest BCUT2D eigenvalue weighted by Crippen LogP contribution is -2.13. The first-order valence-electron chi connectivity index (χ1n) is 5.45. The van der Waals surface area contributed by atoms with Crippen molar-refractivity contribution in [3.63, 3.8) is 0 Å². The smallest absolute Gasteiger partial charge is 0.255 e. The average Bonchev–Trinajstić information content (AvgIpc) is 2.38. The molecule has 0 unspecified atom stereocenters. The van der Waals surface area contributed by atoms with E-state index in [9.17, 15) is 9.18 Å². The van der Waals surface area contributed by atoms with Crippen LogP contribution in [0.5, 0.6) is 0 Å². The topological polar surface area (TPSA) is 68.0 Å². The van der Waals surface area contributed by atoms with Crippen molar-refractivity contribution in [3.8, 4) is 0 Å². The summed E-state index contributed by atoms with van der Waals surface area (Å²) in [6, 6.07) is 4.24. The second-order valence-electron chi connectivity index (χ2n) is 3.98. The van der Waals surface area contributed by atoms with Crippen LogP contribution in [0.2, 0.25) is 0 Å². The molecule has 1 aromatic heterocycles. The fourth-order valence-electron chi connectivity index (χ4n) is 1.50. The van der Waals surface area contributed by atoms with Crippen LogP contribution in [-0.2, 0) is 0 Å². The van der Waals surface area contributed by atoms with E-state index in [1.54, 1.807) is 25.4 Å². The van der Waals surface area contributed by atoms with E-state index in [0.717, 1.165) is 6.07 Å². The molecule has 0 radical (unpaired) electrons. The Kier molecular flexibility index (Phi) is 3.80. The summed E-state index contributed by atoms with van der Waals surface area (Å²) in [6.45, 7) is 1.56. The maximum Gasteiger partial charge on any atom is 0.255 e. The van der Waals surface area contributed by atoms with E-state index in [1.165, 1.54) is 6.07 Å². The number of pyridine rings is 1. The zero-order valence-corrected chi connectivity index (χ0v) is 11.7. The number of anilines is 2. The number of benzene rings is 1. The Balaban J connectivity index is 2.28. The van der Waals surface area contributed by atoms with E-state index in [1.807, 2.05) is 0 Å². The van der Waals surface area contributed by atoms with Crippen molar-refractivity contribution in [3.05, 3.63) is 52.0 Å². The highest BCUT2D eigenvalue weighted by atomic mass is 79.9. The van der Waals surface area contributed by atoms with Gasteiger partial charge < -0.3 is 11.1 Å². The number of nitrogens with one attached hydrogen (secondary N) is 1. The lowest BCUT2D eigenvalue weighted by Gasteiger charge is -2.09. The number of nitrogen functional groups attached to an aromatic ring is 1. The highest BCUT2D eigenvalue weighted by molar-refractivity contribution is 9.10. The summed E-state index contributed by atoms with van der Waals surface area (Å²) in [7, 11) is 0. The first-order chi connectivity index (χ1) is 8.99. The normalized spacial score (nSPS) is 10.3. The predicted octanol–water partition coefficient (Wildman–Crippen LogP) is 3.13. The molecule has 3 N–H and O–H groups in total. The van der Waals surface area contributed by atoms with Crippen molar-refractivity contribution < 1.29 is 9.18 Å². The van der Waals surface area contributed by atoms with Crippen molar-refractivity contribution in [1.82, 2.24) is 4.98 Å². The van der Waals surface area contributed by atoms with Crippen molar-refractivity contribution in [1.29, 1.82) is 0 Å². The van der Waals surface area contributed by atoms with Gasteiger partial charge in [-0.25, -0.2) is 4.39 Å². The maximum absolute atomic E-state index is 13.5. The number of carbonyl (C=O) groups excluding carboxylic acids is 1. The molecule has 2 aromatic rings. The van der Waals surface area contributed by atoms with Crippen molar-refractivity contribution in [2.75, 3.05) is 11.1 Å². The average molecular weight is 324 g/mol. The van der Waals surface area contributed by atoms with Crippen LogP contribution in [0.25, 0.3) is 0 Å². The molecule has 0 spiro atoms. The van der Waals surface area contributed by atoms with Crippen LogP contribution in [0.4, 0.5) is 15.8 Å². The third-order valence-electron chi connectivity index (χ3n) is 2.67. The highest BCUT2D eigenvalue weighted by Gasteiger charge is 2.12. The van der Waals surface area contributed by atoms with E-state index in [-0.39, 0.29) is 11.3 Å². The summed E-state index contributed by atoms with van der Waals surface area (Å²) in [5.41, 5.74) is 6.95. The molecule has 0 fully saturated rings. The van der Waals surface area contributed by atoms with E-state index < -0.39 is 11.7 Å². The summed E-state index contributed by atoms with van der Waals surface area (Å²) >= 11 is 3.26. The van der Waals surface area contributed by atoms with Crippen LogP contribution in [-0.4, -0.2) is 10.9 Å². The first kappa shape index (κ1) is 13.5. The summed E-state index contributed by atoms with van der Waals surface area (Å²) < 4.78 is 14.2. The van der Waals surface area contributed by atoms with Gasteiger partial charge in [0.05, 0.1) is 10.2 Å². The molecular weight excluding hydrogens is 313 g/mol. The molecule has 2 rings (SSSR count). The number of hydrogen-bond donors (Lipinski definition) is 2. The summed E-state index contributed by atoms with van der Waals surface area (Å²) in [5, 5.41) is 2.65. The van der Waals surface area contributed by atoms with Gasteiger partial charge in [0.25, 0.3) is 5.91 Å². The molecule has 4 nitrogen and oxygen atoms in total. The van der Waals surface area contributed by atoms with E-state index in [2.05, 4.69) is 26.2 Å². The summed E-state index contributed by atoms with van der Waals surface area (Å²) in [4.78, 5) is 15.9. The van der Waals surface area contributed by atoms with Gasteiger partial charge in [-0.15, -0.1) is 0 Å². The van der Waals surface area contributed by atoms with Gasteiger partial charge in [-0.1, -0.05) is 0 Å². The highest BCUT2D eigenvalue weighted by Crippen LogP contribution is 2.22. The zero-order valence-electron chi connectivity index (χ0n) is 10.1. The number of hydrogen-bond acceptors (Lipinski definition) is 3. The van der Waals surface area contributed by atoms with Gasteiger partial charge in [0.15, 0.2) is 0 Å². The van der Waals surface area contributed by atoms with Crippen LogP contribution in [0.1, 0.15) is 15.9 Å². The molecule has 0 aliphatic rings. The van der Waals surface area contributed by atoms with Crippen molar-refractivity contribution >= 4 is 33.2 Å². The standard InChI is InChI=1S/C13H11BrFN3O/c1-7-10(15)4-8(5-11(7)16)13(19)18-12-2-3-17-6-9(12)14/h2-6H,16H2,1H3,(H,17,18,19). The van der Waals surface area contributed by atoms with Gasteiger partial charge in [0, 0.05) is 29.2 Å². The summed E-state index contributed by atoms with van der Waals surface area (Å²) in [6.07, 6.45) is 3.10. The second kappa shape index (κ2) is 5.36. The minimum Gasteiger partial charge on any atom is -0.398 e. The molecule has 0 atom stereocenters. The van der Waals surface area contributed by atoms with E-state index in [0.29, 0.717) is 15.7 Å². The lowest BCUT2D eigenvalue weighted by atomic mass is 10.1. The van der Waals surface area contributed by atoms with E-state index in [4.69, 9.17) is 5.73 Å². The molecule has 0 aliphatic heterocycles. The minimum atomic E-state index is -0.501. The quantitative estimate of drug-likeness (QED) is 0.834. The number of halogens is 2. The second-order valence-corrected chi connectivity index (χ2v) is 4.84. The number of nitrogens with two attached hydrogens (primary N) is 1. The van der Waals surface area contributed by atoms with Crippen LogP contribution >= 0.6 is 15.9 Å². The Hall–Kier alpha value is -1.95. The number of carbonyl (C=O) groups is 1. The molecule has 19 heavy (non-hydrogen) atoms. The van der Waals surface area contributed by atoms with E-state index >= 15 is 0 Å². The Morgan fingerprint density at radius 3 is 2.84 bits per heavy atom. The minimum absolute atomic E-state index is 0.171. The molecule has 6 heteroatoms. The molecule has 1 amide bonds. The number of rotatable bonds is 2. The fraction of sp³-hybridized carbons (Fsp3) is 0.0769. The van der Waals surface area contributed by atoms with Gasteiger partial charge >= 0.3 is 0 Å². The Morgan fingerprint density at radius 1 is 1.47 bits per heavy atom. The molecule has 0 saturated heterocycles. The molecular formula is C13H11BrFN3O. The number of nitrogens with zero attached hydrogens (tertiary/aromatic N) is 1. The number of amides is 1. The molecule has 1 heterocycles. The van der Waals surface area contributed by atoms with Crippen molar-refractivity contribution in [2.24, 2.45) is 0 Å². The number of aromatic nitrogens is 1. The van der Waals surface area contributed by atoms with Gasteiger partial charge in [0.1, 0.15) is 5.82 Å². The zero-order chi connectivity index (χ0) is 14.0. The van der Waals surface area contributed by atoms with Gasteiger partial charge in [-0.05, 0) is 41.1 Å². The van der Waals surface area contributed by atoms with Crippen LogP contribution in [0.3, 0.4) is 0 Å². The lowest BCUT2D eigenvalue weighted by molar-refractivity contribution is 0.102. The predicted molar refractivity (Wildman–Crippen MR) is 75.4 cm³/mol. The Bertz CT molecular complexity index is 623. The molecule has 0 bridgehead atoms. The Morgan fingerprint density at radius 2 is 2.21 bits per heavy atom. The molecule has 0 saturated carbocycles. The van der Waals surface area contributed by atoms with Crippen LogP contribution in [0, 0.1) is 12.7 Å². The maximum atomic E-state index is 13.5. The monoisotopic (exact) mass is 323 g/mol. The van der Waals surface area contributed by atoms with Crippen molar-refractivity contribution in [2.45, 2.75) is 6.92 Å². The third-order valence-corrected chi connectivity index (χ3v) is 3.30. The fourth-order valence-corrected chi connectivity index (χ4v) is 1.85. The van der Waals surface area contributed by atoms with Gasteiger partial charge in [0.2, 0.25) is 0 Å². The first-order valence-corrected chi connectivity index (χ1v) is 6.25. The van der Waals surface area contributed by atoms with Crippen LogP contribution in [0.15, 0.2) is 35.1 Å².